The van der Waals surface area contributed by atoms with Gasteiger partial charge in [0, 0.05) is 31.1 Å². The van der Waals surface area contributed by atoms with Gasteiger partial charge in [0.05, 0.1) is 10.9 Å². The zero-order chi connectivity index (χ0) is 23.5. The highest BCUT2D eigenvalue weighted by Crippen LogP contribution is 2.36. The molecule has 0 unspecified atom stereocenters. The molecule has 7 nitrogen and oxygen atoms in total. The maximum atomic E-state index is 13.6. The van der Waals surface area contributed by atoms with E-state index in [0.29, 0.717) is 18.7 Å². The number of nitrogens with one attached hydrogen (secondary N) is 2. The molecule has 0 saturated heterocycles. The van der Waals surface area contributed by atoms with Crippen molar-refractivity contribution in [3.63, 3.8) is 0 Å². The first-order chi connectivity index (χ1) is 15.0. The molecule has 0 aromatic heterocycles. The Kier molecular flexibility index (Phi) is 7.05. The van der Waals surface area contributed by atoms with E-state index in [-0.39, 0.29) is 28.7 Å². The monoisotopic (exact) mass is 457 g/mol. The van der Waals surface area contributed by atoms with Crippen LogP contribution in [0, 0.1) is 0 Å². The summed E-state index contributed by atoms with van der Waals surface area (Å²) in [6.07, 6.45) is 1.39. The third kappa shape index (κ3) is 5.37. The van der Waals surface area contributed by atoms with E-state index in [9.17, 15) is 18.0 Å². The molecule has 0 saturated carbocycles. The molecule has 1 heterocycles. The van der Waals surface area contributed by atoms with Gasteiger partial charge in [-0.15, -0.1) is 0 Å². The maximum absolute atomic E-state index is 13.6. The van der Waals surface area contributed by atoms with Crippen LogP contribution in [-0.4, -0.2) is 36.6 Å². The van der Waals surface area contributed by atoms with Crippen molar-refractivity contribution < 1.29 is 18.0 Å². The number of benzene rings is 2. The van der Waals surface area contributed by atoms with Crippen LogP contribution in [0.2, 0.25) is 0 Å². The van der Waals surface area contributed by atoms with Crippen molar-refractivity contribution in [2.24, 2.45) is 0 Å². The summed E-state index contributed by atoms with van der Waals surface area (Å²) in [6.45, 7) is 7.58. The largest absolute Gasteiger partial charge is 0.351 e. The molecule has 1 atom stereocenters. The lowest BCUT2D eigenvalue weighted by Gasteiger charge is -2.37. The number of hydrogen-bond acceptors (Lipinski definition) is 4. The predicted octanol–water partition coefficient (Wildman–Crippen LogP) is 3.63. The van der Waals surface area contributed by atoms with Gasteiger partial charge in [-0.05, 0) is 62.1 Å². The van der Waals surface area contributed by atoms with Gasteiger partial charge in [0.15, 0.2) is 0 Å². The van der Waals surface area contributed by atoms with E-state index in [1.807, 2.05) is 45.0 Å². The van der Waals surface area contributed by atoms with Crippen molar-refractivity contribution in [2.75, 3.05) is 11.9 Å². The second-order valence-electron chi connectivity index (χ2n) is 8.78. The minimum atomic E-state index is -3.85. The summed E-state index contributed by atoms with van der Waals surface area (Å²) < 4.78 is 28.6. The summed E-state index contributed by atoms with van der Waals surface area (Å²) in [5.74, 6) is -0.408. The van der Waals surface area contributed by atoms with Crippen molar-refractivity contribution in [2.45, 2.75) is 63.4 Å². The van der Waals surface area contributed by atoms with Crippen LogP contribution < -0.4 is 10.6 Å². The Bertz CT molecular complexity index is 1090. The molecule has 0 aliphatic carbocycles. The minimum absolute atomic E-state index is 0.0453. The van der Waals surface area contributed by atoms with Crippen LogP contribution in [0.25, 0.3) is 0 Å². The fourth-order valence-corrected chi connectivity index (χ4v) is 5.47. The molecule has 8 heteroatoms. The van der Waals surface area contributed by atoms with Crippen LogP contribution in [-0.2, 0) is 26.0 Å². The number of carbonyl (C=O) groups excluding carboxylic acids is 2. The molecule has 3 rings (SSSR count). The van der Waals surface area contributed by atoms with E-state index in [2.05, 4.69) is 10.6 Å². The van der Waals surface area contributed by atoms with Gasteiger partial charge in [-0.2, -0.15) is 4.31 Å². The molecule has 0 bridgehead atoms. The van der Waals surface area contributed by atoms with Crippen LogP contribution in [0.1, 0.15) is 57.7 Å². The van der Waals surface area contributed by atoms with Gasteiger partial charge in [-0.3, -0.25) is 9.59 Å². The third-order valence-electron chi connectivity index (χ3n) is 5.88. The zero-order valence-electron chi connectivity index (χ0n) is 19.0. The van der Waals surface area contributed by atoms with Gasteiger partial charge < -0.3 is 10.6 Å². The molecule has 172 valence electrons. The predicted molar refractivity (Wildman–Crippen MR) is 125 cm³/mol. The number of nitrogens with zero attached hydrogens (tertiary/aromatic N) is 1. The molecule has 0 radical (unpaired) electrons. The van der Waals surface area contributed by atoms with Gasteiger partial charge in [0.1, 0.15) is 0 Å². The van der Waals surface area contributed by atoms with Crippen LogP contribution in [0.4, 0.5) is 5.69 Å². The Balaban J connectivity index is 1.94. The van der Waals surface area contributed by atoms with Gasteiger partial charge in [-0.1, -0.05) is 31.2 Å². The summed E-state index contributed by atoms with van der Waals surface area (Å²) in [4.78, 5) is 24.3. The lowest BCUT2D eigenvalue weighted by atomic mass is 9.92. The van der Waals surface area contributed by atoms with E-state index < -0.39 is 16.1 Å². The number of amides is 2. The first-order valence-electron chi connectivity index (χ1n) is 10.8. The van der Waals surface area contributed by atoms with Gasteiger partial charge in [0.25, 0.3) is 0 Å². The molecule has 1 aliphatic rings. The molecule has 0 spiro atoms. The maximum Gasteiger partial charge on any atom is 0.243 e. The number of carbonyl (C=O) groups is 2. The van der Waals surface area contributed by atoms with Crippen molar-refractivity contribution in [1.29, 1.82) is 0 Å². The van der Waals surface area contributed by atoms with Crippen LogP contribution in [0.15, 0.2) is 53.4 Å². The molecule has 2 N–H and O–H groups in total. The van der Waals surface area contributed by atoms with Crippen molar-refractivity contribution in [3.8, 4) is 0 Å². The van der Waals surface area contributed by atoms with E-state index in [1.165, 1.54) is 23.4 Å². The number of rotatable bonds is 7. The average Bonchev–Trinajstić information content (AvgIpc) is 2.73. The van der Waals surface area contributed by atoms with Gasteiger partial charge >= 0.3 is 0 Å². The molecule has 32 heavy (non-hydrogen) atoms. The summed E-state index contributed by atoms with van der Waals surface area (Å²) in [5.41, 5.74) is 2.08. The highest BCUT2D eigenvalue weighted by atomic mass is 32.2. The molecular weight excluding hydrogens is 426 g/mol. The Morgan fingerprint density at radius 1 is 1.09 bits per heavy atom. The first kappa shape index (κ1) is 23.9. The van der Waals surface area contributed by atoms with Crippen molar-refractivity contribution in [1.82, 2.24) is 9.62 Å². The molecule has 2 aromatic carbocycles. The van der Waals surface area contributed by atoms with Crippen LogP contribution in [0.5, 0.6) is 0 Å². The lowest BCUT2D eigenvalue weighted by Crippen LogP contribution is -2.46. The molecular formula is C24H31N3O4S. The average molecular weight is 458 g/mol. The number of sulfonamides is 1. The lowest BCUT2D eigenvalue weighted by molar-refractivity contribution is -0.123. The quantitative estimate of drug-likeness (QED) is 0.664. The number of hydrogen-bond donors (Lipinski definition) is 2. The van der Waals surface area contributed by atoms with Crippen molar-refractivity contribution in [3.05, 3.63) is 59.7 Å². The fourth-order valence-electron chi connectivity index (χ4n) is 3.87. The van der Waals surface area contributed by atoms with E-state index >= 15 is 0 Å². The number of fused-ring (bicyclic) bond motifs is 1. The fraction of sp³-hybridized carbons (Fsp3) is 0.417. The van der Waals surface area contributed by atoms with Crippen LogP contribution >= 0.6 is 0 Å². The van der Waals surface area contributed by atoms with Gasteiger partial charge in [0.2, 0.25) is 21.8 Å². The Hall–Kier alpha value is -2.71. The summed E-state index contributed by atoms with van der Waals surface area (Å²) >= 11 is 0. The smallest absolute Gasteiger partial charge is 0.243 e. The van der Waals surface area contributed by atoms with E-state index in [0.717, 1.165) is 17.5 Å². The highest BCUT2D eigenvalue weighted by Gasteiger charge is 2.38. The Morgan fingerprint density at radius 3 is 2.38 bits per heavy atom. The zero-order valence-corrected chi connectivity index (χ0v) is 19.8. The SMILES string of the molecule is CCC(C)(C)NC(=O)C[C@H]1c2ccccc2CCN1S(=O)(=O)c1ccc(NC(C)=O)cc1. The van der Waals surface area contributed by atoms with Gasteiger partial charge in [-0.25, -0.2) is 8.42 Å². The normalized spacial score (nSPS) is 16.8. The second kappa shape index (κ2) is 9.42. The molecule has 1 aliphatic heterocycles. The Morgan fingerprint density at radius 2 is 1.75 bits per heavy atom. The van der Waals surface area contributed by atoms with Crippen LogP contribution in [0.3, 0.4) is 0 Å². The molecule has 2 aromatic rings. The highest BCUT2D eigenvalue weighted by molar-refractivity contribution is 7.89. The number of anilines is 1. The molecule has 2 amide bonds. The minimum Gasteiger partial charge on any atom is -0.351 e. The third-order valence-corrected chi connectivity index (χ3v) is 7.81. The molecule has 0 fully saturated rings. The van der Waals surface area contributed by atoms with E-state index in [1.54, 1.807) is 12.1 Å². The standard InChI is InChI=1S/C24H31N3O4S/c1-5-24(3,4)26-23(29)16-22-21-9-7-6-8-18(21)14-15-27(22)32(30,31)20-12-10-19(11-13-20)25-17(2)28/h6-13,22H,5,14-16H2,1-4H3,(H,25,28)(H,26,29)/t22-/m0/s1. The van der Waals surface area contributed by atoms with Crippen molar-refractivity contribution >= 4 is 27.5 Å². The second-order valence-corrected chi connectivity index (χ2v) is 10.7. The topological polar surface area (TPSA) is 95.6 Å². The summed E-state index contributed by atoms with van der Waals surface area (Å²) in [7, 11) is -3.85. The summed E-state index contributed by atoms with van der Waals surface area (Å²) in [5, 5.41) is 5.66. The summed E-state index contributed by atoms with van der Waals surface area (Å²) in [6, 6.07) is 13.2. The van der Waals surface area contributed by atoms with E-state index in [4.69, 9.17) is 0 Å². The Labute approximate surface area is 190 Å². The first-order valence-corrected chi connectivity index (χ1v) is 12.3.